The van der Waals surface area contributed by atoms with E-state index in [9.17, 15) is 14.0 Å². The largest absolute Gasteiger partial charge is 0.497 e. The van der Waals surface area contributed by atoms with Crippen LogP contribution in [0.1, 0.15) is 20.7 Å². The molecule has 2 rings (SSSR count). The molecular formula is C17H16FNO5. The Bertz CT molecular complexity index is 753. The smallest absolute Gasteiger partial charge is 0.340 e. The quantitative estimate of drug-likeness (QED) is 0.852. The standard InChI is InChI=1S/C17H16FNO5/c1-22-12-6-10(7-13(9-12)23-2)16(20)19-11-4-5-14(15(18)8-11)17(21)24-3/h4-9H,1-3H3,(H,19,20). The van der Waals surface area contributed by atoms with Crippen molar-refractivity contribution in [2.24, 2.45) is 0 Å². The van der Waals surface area contributed by atoms with Crippen LogP contribution in [0.15, 0.2) is 36.4 Å². The van der Waals surface area contributed by atoms with Gasteiger partial charge in [-0.05, 0) is 30.3 Å². The van der Waals surface area contributed by atoms with Crippen LogP contribution < -0.4 is 14.8 Å². The highest BCUT2D eigenvalue weighted by Gasteiger charge is 2.14. The van der Waals surface area contributed by atoms with Gasteiger partial charge in [-0.15, -0.1) is 0 Å². The minimum atomic E-state index is -0.789. The zero-order valence-corrected chi connectivity index (χ0v) is 13.4. The van der Waals surface area contributed by atoms with Crippen molar-refractivity contribution >= 4 is 17.6 Å². The normalized spacial score (nSPS) is 10.0. The van der Waals surface area contributed by atoms with Gasteiger partial charge in [-0.25, -0.2) is 9.18 Å². The molecule has 0 atom stereocenters. The predicted molar refractivity (Wildman–Crippen MR) is 85.2 cm³/mol. The Morgan fingerprint density at radius 2 is 1.58 bits per heavy atom. The third kappa shape index (κ3) is 3.81. The van der Waals surface area contributed by atoms with Crippen molar-refractivity contribution in [2.45, 2.75) is 0 Å². The van der Waals surface area contributed by atoms with Gasteiger partial charge in [0.25, 0.3) is 5.91 Å². The van der Waals surface area contributed by atoms with Crippen molar-refractivity contribution < 1.29 is 28.2 Å². The van der Waals surface area contributed by atoms with Crippen molar-refractivity contribution in [1.29, 1.82) is 0 Å². The first-order chi connectivity index (χ1) is 11.5. The summed E-state index contributed by atoms with van der Waals surface area (Å²) in [6.45, 7) is 0. The van der Waals surface area contributed by atoms with Crippen LogP contribution in [0.2, 0.25) is 0 Å². The molecule has 0 radical (unpaired) electrons. The summed E-state index contributed by atoms with van der Waals surface area (Å²) >= 11 is 0. The van der Waals surface area contributed by atoms with E-state index in [4.69, 9.17) is 9.47 Å². The highest BCUT2D eigenvalue weighted by molar-refractivity contribution is 6.05. The molecule has 0 saturated carbocycles. The van der Waals surface area contributed by atoms with Crippen molar-refractivity contribution in [3.8, 4) is 11.5 Å². The van der Waals surface area contributed by atoms with E-state index < -0.39 is 17.7 Å². The number of esters is 1. The van der Waals surface area contributed by atoms with Gasteiger partial charge in [0, 0.05) is 17.3 Å². The molecule has 2 aromatic carbocycles. The van der Waals surface area contributed by atoms with Crippen LogP contribution in [-0.4, -0.2) is 33.2 Å². The van der Waals surface area contributed by atoms with Gasteiger partial charge in [0.15, 0.2) is 0 Å². The molecule has 1 N–H and O–H groups in total. The second-order valence-corrected chi connectivity index (χ2v) is 4.74. The number of ether oxygens (including phenoxy) is 3. The van der Waals surface area contributed by atoms with Gasteiger partial charge in [-0.1, -0.05) is 0 Å². The van der Waals surface area contributed by atoms with Crippen LogP contribution >= 0.6 is 0 Å². The molecule has 24 heavy (non-hydrogen) atoms. The predicted octanol–water partition coefficient (Wildman–Crippen LogP) is 2.88. The van der Waals surface area contributed by atoms with Gasteiger partial charge < -0.3 is 19.5 Å². The van der Waals surface area contributed by atoms with E-state index in [-0.39, 0.29) is 16.8 Å². The maximum atomic E-state index is 13.9. The van der Waals surface area contributed by atoms with Crippen molar-refractivity contribution in [3.63, 3.8) is 0 Å². The van der Waals surface area contributed by atoms with Crippen LogP contribution in [0.25, 0.3) is 0 Å². The molecule has 0 unspecified atom stereocenters. The third-order valence-electron chi connectivity index (χ3n) is 3.25. The van der Waals surface area contributed by atoms with Crippen LogP contribution in [-0.2, 0) is 4.74 Å². The van der Waals surface area contributed by atoms with E-state index in [1.807, 2.05) is 0 Å². The first kappa shape index (κ1) is 17.3. The highest BCUT2D eigenvalue weighted by Crippen LogP contribution is 2.23. The van der Waals surface area contributed by atoms with E-state index in [1.165, 1.54) is 38.5 Å². The lowest BCUT2D eigenvalue weighted by atomic mass is 10.1. The van der Waals surface area contributed by atoms with E-state index in [0.717, 1.165) is 13.2 Å². The lowest BCUT2D eigenvalue weighted by molar-refractivity contribution is 0.0595. The lowest BCUT2D eigenvalue weighted by Gasteiger charge is -2.10. The molecule has 6 nitrogen and oxygen atoms in total. The Morgan fingerprint density at radius 3 is 2.08 bits per heavy atom. The summed E-state index contributed by atoms with van der Waals surface area (Å²) < 4.78 is 28.5. The van der Waals surface area contributed by atoms with Crippen LogP contribution in [0.4, 0.5) is 10.1 Å². The van der Waals surface area contributed by atoms with Gasteiger partial charge in [-0.2, -0.15) is 0 Å². The topological polar surface area (TPSA) is 73.9 Å². The maximum absolute atomic E-state index is 13.9. The number of rotatable bonds is 5. The molecule has 0 heterocycles. The molecule has 0 aliphatic carbocycles. The Kier molecular flexibility index (Phi) is 5.36. The number of amides is 1. The van der Waals surface area contributed by atoms with Crippen molar-refractivity contribution in [2.75, 3.05) is 26.6 Å². The summed E-state index contributed by atoms with van der Waals surface area (Å²) in [5, 5.41) is 2.54. The van der Waals surface area contributed by atoms with Gasteiger partial charge in [0.1, 0.15) is 17.3 Å². The molecule has 0 spiro atoms. The minimum Gasteiger partial charge on any atom is -0.497 e. The zero-order chi connectivity index (χ0) is 17.7. The number of hydrogen-bond donors (Lipinski definition) is 1. The van der Waals surface area contributed by atoms with E-state index in [0.29, 0.717) is 11.5 Å². The summed E-state index contributed by atoms with van der Waals surface area (Å²) in [5.74, 6) is -1.15. The summed E-state index contributed by atoms with van der Waals surface area (Å²) in [6.07, 6.45) is 0. The number of anilines is 1. The molecule has 1 amide bonds. The van der Waals surface area contributed by atoms with Crippen molar-refractivity contribution in [3.05, 3.63) is 53.3 Å². The van der Waals surface area contributed by atoms with Crippen LogP contribution in [0.5, 0.6) is 11.5 Å². The minimum absolute atomic E-state index is 0.201. The third-order valence-corrected chi connectivity index (χ3v) is 3.25. The molecule has 0 aliphatic rings. The molecule has 2 aromatic rings. The van der Waals surface area contributed by atoms with Gasteiger partial charge in [-0.3, -0.25) is 4.79 Å². The number of benzene rings is 2. The van der Waals surface area contributed by atoms with Crippen LogP contribution in [0, 0.1) is 5.82 Å². The fourth-order valence-corrected chi connectivity index (χ4v) is 2.01. The fraction of sp³-hybridized carbons (Fsp3) is 0.176. The summed E-state index contributed by atoms with van der Waals surface area (Å²) in [6, 6.07) is 8.37. The molecule has 126 valence electrons. The molecule has 7 heteroatoms. The molecule has 0 saturated heterocycles. The molecule has 0 aliphatic heterocycles. The highest BCUT2D eigenvalue weighted by atomic mass is 19.1. The number of halogens is 1. The SMILES string of the molecule is COC(=O)c1ccc(NC(=O)c2cc(OC)cc(OC)c2)cc1F. The monoisotopic (exact) mass is 333 g/mol. The number of methoxy groups -OCH3 is 3. The Balaban J connectivity index is 2.24. The lowest BCUT2D eigenvalue weighted by Crippen LogP contribution is -2.13. The van der Waals surface area contributed by atoms with E-state index in [2.05, 4.69) is 10.1 Å². The summed E-state index contributed by atoms with van der Waals surface area (Å²) in [7, 11) is 4.10. The van der Waals surface area contributed by atoms with E-state index >= 15 is 0 Å². The molecule has 0 aromatic heterocycles. The number of hydrogen-bond acceptors (Lipinski definition) is 5. The molecule has 0 bridgehead atoms. The van der Waals surface area contributed by atoms with Gasteiger partial charge in [0.05, 0.1) is 26.9 Å². The Morgan fingerprint density at radius 1 is 0.958 bits per heavy atom. The number of nitrogens with one attached hydrogen (secondary N) is 1. The number of carbonyl (C=O) groups is 2. The fourth-order valence-electron chi connectivity index (χ4n) is 2.01. The first-order valence-electron chi connectivity index (χ1n) is 6.90. The van der Waals surface area contributed by atoms with E-state index in [1.54, 1.807) is 6.07 Å². The average Bonchev–Trinajstić information content (AvgIpc) is 2.60. The first-order valence-corrected chi connectivity index (χ1v) is 6.90. The second-order valence-electron chi connectivity index (χ2n) is 4.74. The summed E-state index contributed by atoms with van der Waals surface area (Å²) in [4.78, 5) is 23.7. The Labute approximate surface area is 138 Å². The van der Waals surface area contributed by atoms with Gasteiger partial charge >= 0.3 is 5.97 Å². The molecular weight excluding hydrogens is 317 g/mol. The second kappa shape index (κ2) is 7.45. The zero-order valence-electron chi connectivity index (χ0n) is 13.4. The Hall–Kier alpha value is -3.09. The van der Waals surface area contributed by atoms with Gasteiger partial charge in [0.2, 0.25) is 0 Å². The average molecular weight is 333 g/mol. The molecule has 0 fully saturated rings. The van der Waals surface area contributed by atoms with Crippen molar-refractivity contribution in [1.82, 2.24) is 0 Å². The summed E-state index contributed by atoms with van der Waals surface area (Å²) in [5.41, 5.74) is 0.272. The maximum Gasteiger partial charge on any atom is 0.340 e. The van der Waals surface area contributed by atoms with Crippen LogP contribution in [0.3, 0.4) is 0 Å². The number of carbonyl (C=O) groups excluding carboxylic acids is 2.